The van der Waals surface area contributed by atoms with Crippen molar-refractivity contribution in [2.75, 3.05) is 0 Å². The molecule has 1 aliphatic rings. The van der Waals surface area contributed by atoms with E-state index in [4.69, 9.17) is 11.6 Å². The Morgan fingerprint density at radius 2 is 2.21 bits per heavy atom. The molecular formula is C12H16ClN. The van der Waals surface area contributed by atoms with Crippen molar-refractivity contribution in [3.63, 3.8) is 0 Å². The average molecular weight is 210 g/mol. The van der Waals surface area contributed by atoms with Gasteiger partial charge in [0.25, 0.3) is 0 Å². The first-order valence-electron chi connectivity index (χ1n) is 5.15. The van der Waals surface area contributed by atoms with Crippen LogP contribution < -0.4 is 5.32 Å². The van der Waals surface area contributed by atoms with Gasteiger partial charge < -0.3 is 5.32 Å². The molecule has 2 unspecified atom stereocenters. The van der Waals surface area contributed by atoms with Crippen molar-refractivity contribution in [3.05, 3.63) is 34.3 Å². The highest BCUT2D eigenvalue weighted by Gasteiger charge is 2.31. The van der Waals surface area contributed by atoms with Crippen molar-refractivity contribution in [1.29, 1.82) is 0 Å². The molecule has 2 atom stereocenters. The van der Waals surface area contributed by atoms with E-state index in [1.54, 1.807) is 0 Å². The van der Waals surface area contributed by atoms with E-state index >= 15 is 0 Å². The number of hydrogen-bond donors (Lipinski definition) is 1. The lowest BCUT2D eigenvalue weighted by atomic mass is 10.1. The number of halogens is 1. The SMILES string of the molecule is Cc1cc(CNC2CC2C)ccc1Cl. The Morgan fingerprint density at radius 3 is 2.79 bits per heavy atom. The summed E-state index contributed by atoms with van der Waals surface area (Å²) in [6.45, 7) is 5.30. The normalized spacial score (nSPS) is 25.1. The van der Waals surface area contributed by atoms with Gasteiger partial charge >= 0.3 is 0 Å². The molecule has 0 radical (unpaired) electrons. The minimum atomic E-state index is 0.742. The summed E-state index contributed by atoms with van der Waals surface area (Å²) in [5, 5.41) is 4.38. The molecule has 0 bridgehead atoms. The zero-order chi connectivity index (χ0) is 10.1. The predicted molar refractivity (Wildman–Crippen MR) is 60.6 cm³/mol. The molecule has 0 aliphatic heterocycles. The van der Waals surface area contributed by atoms with E-state index in [-0.39, 0.29) is 0 Å². The van der Waals surface area contributed by atoms with Gasteiger partial charge in [-0.2, -0.15) is 0 Å². The fourth-order valence-corrected chi connectivity index (χ4v) is 1.79. The highest BCUT2D eigenvalue weighted by Crippen LogP contribution is 2.29. The maximum atomic E-state index is 5.96. The summed E-state index contributed by atoms with van der Waals surface area (Å²) in [5.74, 6) is 0.864. The second-order valence-electron chi connectivity index (χ2n) is 4.28. The zero-order valence-corrected chi connectivity index (χ0v) is 9.43. The Bertz CT molecular complexity index is 335. The second kappa shape index (κ2) is 3.92. The van der Waals surface area contributed by atoms with Crippen LogP contribution in [-0.4, -0.2) is 6.04 Å². The molecule has 1 fully saturated rings. The van der Waals surface area contributed by atoms with E-state index < -0.39 is 0 Å². The Labute approximate surface area is 90.5 Å². The summed E-state index contributed by atoms with van der Waals surface area (Å²) in [6.07, 6.45) is 1.33. The molecule has 0 heterocycles. The standard InChI is InChI=1S/C12H16ClN/c1-8-5-10(3-4-11(8)13)7-14-12-6-9(12)2/h3-5,9,12,14H,6-7H2,1-2H3. The van der Waals surface area contributed by atoms with Crippen LogP contribution in [-0.2, 0) is 6.54 Å². The predicted octanol–water partition coefficient (Wildman–Crippen LogP) is 3.15. The molecule has 76 valence electrons. The van der Waals surface area contributed by atoms with Gasteiger partial charge in [0, 0.05) is 17.6 Å². The number of aryl methyl sites for hydroxylation is 1. The Balaban J connectivity index is 1.92. The molecule has 1 saturated carbocycles. The maximum absolute atomic E-state index is 5.96. The van der Waals surface area contributed by atoms with Crippen LogP contribution in [0, 0.1) is 12.8 Å². The van der Waals surface area contributed by atoms with Crippen LogP contribution in [0.2, 0.25) is 5.02 Å². The van der Waals surface area contributed by atoms with Gasteiger partial charge in [0.2, 0.25) is 0 Å². The van der Waals surface area contributed by atoms with Crippen molar-refractivity contribution in [2.24, 2.45) is 5.92 Å². The first kappa shape index (κ1) is 10.0. The van der Waals surface area contributed by atoms with Gasteiger partial charge in [-0.1, -0.05) is 30.7 Å². The van der Waals surface area contributed by atoms with Crippen molar-refractivity contribution >= 4 is 11.6 Å². The van der Waals surface area contributed by atoms with Crippen molar-refractivity contribution in [1.82, 2.24) is 5.32 Å². The molecule has 1 aliphatic carbocycles. The van der Waals surface area contributed by atoms with Gasteiger partial charge in [-0.05, 0) is 36.5 Å². The van der Waals surface area contributed by atoms with Crippen LogP contribution in [0.25, 0.3) is 0 Å². The molecule has 1 nitrogen and oxygen atoms in total. The van der Waals surface area contributed by atoms with Gasteiger partial charge in [-0.15, -0.1) is 0 Å². The number of benzene rings is 1. The summed E-state index contributed by atoms with van der Waals surface area (Å²) in [7, 11) is 0. The Hall–Kier alpha value is -0.530. The van der Waals surface area contributed by atoms with E-state index in [1.165, 1.54) is 12.0 Å². The second-order valence-corrected chi connectivity index (χ2v) is 4.69. The van der Waals surface area contributed by atoms with Crippen molar-refractivity contribution in [3.8, 4) is 0 Å². The first-order chi connectivity index (χ1) is 6.66. The molecule has 0 spiro atoms. The molecule has 0 aromatic heterocycles. The summed E-state index contributed by atoms with van der Waals surface area (Å²) in [5.41, 5.74) is 2.49. The van der Waals surface area contributed by atoms with Crippen LogP contribution >= 0.6 is 11.6 Å². The molecular weight excluding hydrogens is 194 g/mol. The fourth-order valence-electron chi connectivity index (χ4n) is 1.67. The van der Waals surface area contributed by atoms with E-state index in [2.05, 4.69) is 24.4 Å². The molecule has 0 saturated heterocycles. The molecule has 1 aromatic carbocycles. The van der Waals surface area contributed by atoms with Gasteiger partial charge in [0.05, 0.1) is 0 Å². The molecule has 1 aromatic rings. The lowest BCUT2D eigenvalue weighted by molar-refractivity contribution is 0.652. The third-order valence-corrected chi connectivity index (χ3v) is 3.32. The fraction of sp³-hybridized carbons (Fsp3) is 0.500. The third-order valence-electron chi connectivity index (χ3n) is 2.90. The summed E-state index contributed by atoms with van der Waals surface area (Å²) in [6, 6.07) is 6.97. The van der Waals surface area contributed by atoms with Gasteiger partial charge in [-0.25, -0.2) is 0 Å². The Kier molecular flexibility index (Phi) is 2.80. The highest BCUT2D eigenvalue weighted by molar-refractivity contribution is 6.31. The van der Waals surface area contributed by atoms with E-state index in [9.17, 15) is 0 Å². The lowest BCUT2D eigenvalue weighted by Crippen LogP contribution is -2.16. The number of rotatable bonds is 3. The number of hydrogen-bond acceptors (Lipinski definition) is 1. The number of nitrogens with one attached hydrogen (secondary N) is 1. The molecule has 14 heavy (non-hydrogen) atoms. The Morgan fingerprint density at radius 1 is 1.50 bits per heavy atom. The zero-order valence-electron chi connectivity index (χ0n) is 8.68. The van der Waals surface area contributed by atoms with Crippen LogP contribution in [0.15, 0.2) is 18.2 Å². The first-order valence-corrected chi connectivity index (χ1v) is 5.53. The molecule has 1 N–H and O–H groups in total. The van der Waals surface area contributed by atoms with Crippen LogP contribution in [0.1, 0.15) is 24.5 Å². The minimum absolute atomic E-state index is 0.742. The van der Waals surface area contributed by atoms with Crippen LogP contribution in [0.3, 0.4) is 0 Å². The smallest absolute Gasteiger partial charge is 0.0435 e. The van der Waals surface area contributed by atoms with Crippen molar-refractivity contribution in [2.45, 2.75) is 32.9 Å². The largest absolute Gasteiger partial charge is 0.310 e. The summed E-state index contributed by atoms with van der Waals surface area (Å²) in [4.78, 5) is 0. The van der Waals surface area contributed by atoms with E-state index in [0.29, 0.717) is 0 Å². The minimum Gasteiger partial charge on any atom is -0.310 e. The van der Waals surface area contributed by atoms with E-state index in [1.807, 2.05) is 13.0 Å². The van der Waals surface area contributed by atoms with Gasteiger partial charge in [0.1, 0.15) is 0 Å². The van der Waals surface area contributed by atoms with Gasteiger partial charge in [-0.3, -0.25) is 0 Å². The topological polar surface area (TPSA) is 12.0 Å². The van der Waals surface area contributed by atoms with Crippen molar-refractivity contribution < 1.29 is 0 Å². The summed E-state index contributed by atoms with van der Waals surface area (Å²) >= 11 is 5.96. The third kappa shape index (κ3) is 2.28. The quantitative estimate of drug-likeness (QED) is 0.807. The van der Waals surface area contributed by atoms with Gasteiger partial charge in [0.15, 0.2) is 0 Å². The molecule has 2 rings (SSSR count). The highest BCUT2D eigenvalue weighted by atomic mass is 35.5. The summed E-state index contributed by atoms with van der Waals surface area (Å²) < 4.78 is 0. The average Bonchev–Trinajstić information content (AvgIpc) is 2.85. The molecule has 0 amide bonds. The lowest BCUT2D eigenvalue weighted by Gasteiger charge is -2.05. The van der Waals surface area contributed by atoms with E-state index in [0.717, 1.165) is 29.1 Å². The van der Waals surface area contributed by atoms with Crippen LogP contribution in [0.5, 0.6) is 0 Å². The van der Waals surface area contributed by atoms with Crippen LogP contribution in [0.4, 0.5) is 0 Å². The maximum Gasteiger partial charge on any atom is 0.0435 e. The monoisotopic (exact) mass is 209 g/mol. The molecule has 2 heteroatoms.